The van der Waals surface area contributed by atoms with Crippen LogP contribution in [0.4, 0.5) is 4.39 Å². The average Bonchev–Trinajstić information content (AvgIpc) is 2.66. The van der Waals surface area contributed by atoms with E-state index < -0.39 is 0 Å². The third kappa shape index (κ3) is 4.75. The Kier molecular flexibility index (Phi) is 6.34. The van der Waals surface area contributed by atoms with Crippen LogP contribution in [0.1, 0.15) is 17.2 Å². The molecule has 1 aliphatic rings. The summed E-state index contributed by atoms with van der Waals surface area (Å²) in [5.41, 5.74) is 2.36. The molecule has 3 rings (SSSR count). The van der Waals surface area contributed by atoms with Gasteiger partial charge in [0.1, 0.15) is 5.82 Å². The lowest BCUT2D eigenvalue weighted by Crippen LogP contribution is -2.47. The van der Waals surface area contributed by atoms with Gasteiger partial charge in [-0.15, -0.1) is 0 Å². The first-order valence-electron chi connectivity index (χ1n) is 8.80. The van der Waals surface area contributed by atoms with Crippen molar-refractivity contribution in [1.82, 2.24) is 9.80 Å². The summed E-state index contributed by atoms with van der Waals surface area (Å²) in [6.45, 7) is 4.87. The van der Waals surface area contributed by atoms with Gasteiger partial charge in [0.05, 0.1) is 12.6 Å². The van der Waals surface area contributed by atoms with E-state index in [1.54, 1.807) is 18.2 Å². The Morgan fingerprint density at radius 3 is 2.16 bits per heavy atom. The monoisotopic (exact) mass is 340 g/mol. The van der Waals surface area contributed by atoms with Crippen LogP contribution in [0.15, 0.2) is 66.7 Å². The minimum Gasteiger partial charge on any atom is -0.392 e. The second-order valence-corrected chi connectivity index (χ2v) is 6.36. The fourth-order valence-electron chi connectivity index (χ4n) is 3.40. The summed E-state index contributed by atoms with van der Waals surface area (Å²) in [6.07, 6.45) is 3.81. The largest absolute Gasteiger partial charge is 0.392 e. The Labute approximate surface area is 149 Å². The number of hydrogen-bond acceptors (Lipinski definition) is 3. The van der Waals surface area contributed by atoms with Crippen molar-refractivity contribution in [3.05, 3.63) is 83.7 Å². The molecule has 1 saturated heterocycles. The molecule has 2 aromatic rings. The third-order valence-corrected chi connectivity index (χ3v) is 4.71. The predicted octanol–water partition coefficient (Wildman–Crippen LogP) is 3.08. The van der Waals surface area contributed by atoms with E-state index >= 15 is 0 Å². The molecule has 1 aliphatic heterocycles. The van der Waals surface area contributed by atoms with Crippen molar-refractivity contribution in [2.75, 3.05) is 39.3 Å². The molecule has 0 aliphatic carbocycles. The SMILES string of the molecule is OC/C=C/CN1CCN(C(c2ccccc2)c2ccc(F)cc2)CC1. The maximum atomic E-state index is 13.3. The molecule has 0 amide bonds. The van der Waals surface area contributed by atoms with Crippen LogP contribution in [0.2, 0.25) is 0 Å². The molecule has 1 N–H and O–H groups in total. The normalized spacial score (nSPS) is 17.8. The minimum absolute atomic E-state index is 0.0978. The number of rotatable bonds is 6. The molecule has 132 valence electrons. The molecule has 1 heterocycles. The van der Waals surface area contributed by atoms with Gasteiger partial charge in [0.15, 0.2) is 0 Å². The van der Waals surface area contributed by atoms with Crippen molar-refractivity contribution in [3.63, 3.8) is 0 Å². The molecule has 0 radical (unpaired) electrons. The summed E-state index contributed by atoms with van der Waals surface area (Å²) in [4.78, 5) is 4.85. The second-order valence-electron chi connectivity index (χ2n) is 6.36. The van der Waals surface area contributed by atoms with Crippen LogP contribution in [-0.2, 0) is 0 Å². The topological polar surface area (TPSA) is 26.7 Å². The Morgan fingerprint density at radius 1 is 0.880 bits per heavy atom. The maximum absolute atomic E-state index is 13.3. The highest BCUT2D eigenvalue weighted by Crippen LogP contribution is 2.29. The van der Waals surface area contributed by atoms with Gasteiger partial charge < -0.3 is 5.11 Å². The zero-order chi connectivity index (χ0) is 17.5. The zero-order valence-electron chi connectivity index (χ0n) is 14.4. The summed E-state index contributed by atoms with van der Waals surface area (Å²) in [6, 6.07) is 17.4. The third-order valence-electron chi connectivity index (χ3n) is 4.71. The van der Waals surface area contributed by atoms with E-state index in [0.29, 0.717) is 0 Å². The van der Waals surface area contributed by atoms with Gasteiger partial charge in [-0.25, -0.2) is 4.39 Å². The fourth-order valence-corrected chi connectivity index (χ4v) is 3.40. The Balaban J connectivity index is 1.75. The first kappa shape index (κ1) is 17.8. The zero-order valence-corrected chi connectivity index (χ0v) is 14.4. The molecular weight excluding hydrogens is 315 g/mol. The van der Waals surface area contributed by atoms with E-state index in [9.17, 15) is 4.39 Å². The van der Waals surface area contributed by atoms with Crippen molar-refractivity contribution in [2.24, 2.45) is 0 Å². The van der Waals surface area contributed by atoms with Crippen LogP contribution in [-0.4, -0.2) is 54.2 Å². The average molecular weight is 340 g/mol. The van der Waals surface area contributed by atoms with Gasteiger partial charge >= 0.3 is 0 Å². The molecule has 0 saturated carbocycles. The van der Waals surface area contributed by atoms with Crippen molar-refractivity contribution < 1.29 is 9.50 Å². The first-order valence-corrected chi connectivity index (χ1v) is 8.80. The Bertz CT molecular complexity index is 664. The number of piperazine rings is 1. The van der Waals surface area contributed by atoms with Gasteiger partial charge in [-0.1, -0.05) is 54.6 Å². The second kappa shape index (κ2) is 8.90. The molecule has 0 bridgehead atoms. The predicted molar refractivity (Wildman–Crippen MR) is 98.9 cm³/mol. The van der Waals surface area contributed by atoms with Gasteiger partial charge in [0.25, 0.3) is 0 Å². The van der Waals surface area contributed by atoms with Crippen molar-refractivity contribution in [2.45, 2.75) is 6.04 Å². The van der Waals surface area contributed by atoms with Crippen molar-refractivity contribution >= 4 is 0 Å². The number of nitrogens with zero attached hydrogens (tertiary/aromatic N) is 2. The van der Waals surface area contributed by atoms with E-state index in [-0.39, 0.29) is 18.5 Å². The highest BCUT2D eigenvalue weighted by atomic mass is 19.1. The molecule has 3 nitrogen and oxygen atoms in total. The van der Waals surface area contributed by atoms with Crippen LogP contribution in [0.3, 0.4) is 0 Å². The van der Waals surface area contributed by atoms with Crippen LogP contribution in [0.25, 0.3) is 0 Å². The molecule has 25 heavy (non-hydrogen) atoms. The van der Waals surface area contributed by atoms with Gasteiger partial charge in [-0.3, -0.25) is 9.80 Å². The van der Waals surface area contributed by atoms with Crippen molar-refractivity contribution in [3.8, 4) is 0 Å². The van der Waals surface area contributed by atoms with Gasteiger partial charge in [0.2, 0.25) is 0 Å². The molecule has 2 aromatic carbocycles. The van der Waals surface area contributed by atoms with Crippen LogP contribution >= 0.6 is 0 Å². The fraction of sp³-hybridized carbons (Fsp3) is 0.333. The molecular formula is C21H25FN2O. The quantitative estimate of drug-likeness (QED) is 0.819. The van der Waals surface area contributed by atoms with Gasteiger partial charge in [-0.2, -0.15) is 0 Å². The first-order chi connectivity index (χ1) is 12.3. The maximum Gasteiger partial charge on any atom is 0.123 e. The number of halogens is 1. The van der Waals surface area contributed by atoms with Crippen LogP contribution in [0.5, 0.6) is 0 Å². The van der Waals surface area contributed by atoms with E-state index in [2.05, 4.69) is 34.1 Å². The van der Waals surface area contributed by atoms with Gasteiger partial charge in [0, 0.05) is 32.7 Å². The lowest BCUT2D eigenvalue weighted by Gasteiger charge is -2.39. The highest BCUT2D eigenvalue weighted by Gasteiger charge is 2.25. The molecule has 1 fully saturated rings. The summed E-state index contributed by atoms with van der Waals surface area (Å²) in [7, 11) is 0. The number of hydrogen-bond donors (Lipinski definition) is 1. The minimum atomic E-state index is -0.198. The summed E-state index contributed by atoms with van der Waals surface area (Å²) >= 11 is 0. The van der Waals surface area contributed by atoms with Crippen LogP contribution < -0.4 is 0 Å². The Morgan fingerprint density at radius 2 is 1.52 bits per heavy atom. The molecule has 0 spiro atoms. The lowest BCUT2D eigenvalue weighted by atomic mass is 9.96. The standard InChI is InChI=1S/C21H25FN2O/c22-20-10-8-19(9-11-20)21(18-6-2-1-3-7-18)24-15-13-23(14-16-24)12-4-5-17-25/h1-11,21,25H,12-17H2/b5-4+. The van der Waals surface area contributed by atoms with Crippen LogP contribution in [0, 0.1) is 5.82 Å². The number of aliphatic hydroxyl groups is 1. The summed E-state index contributed by atoms with van der Waals surface area (Å²) in [5.74, 6) is -0.198. The van der Waals surface area contributed by atoms with E-state index in [0.717, 1.165) is 38.3 Å². The molecule has 0 aromatic heterocycles. The highest BCUT2D eigenvalue weighted by molar-refractivity contribution is 5.32. The van der Waals surface area contributed by atoms with Crippen molar-refractivity contribution in [1.29, 1.82) is 0 Å². The smallest absolute Gasteiger partial charge is 0.123 e. The van der Waals surface area contributed by atoms with Gasteiger partial charge in [-0.05, 0) is 23.3 Å². The van der Waals surface area contributed by atoms with E-state index in [1.807, 2.05) is 24.3 Å². The van der Waals surface area contributed by atoms with E-state index in [4.69, 9.17) is 5.11 Å². The number of benzene rings is 2. The van der Waals surface area contributed by atoms with E-state index in [1.165, 1.54) is 5.56 Å². The summed E-state index contributed by atoms with van der Waals surface area (Å²) in [5, 5.41) is 8.84. The lowest BCUT2D eigenvalue weighted by molar-refractivity contribution is 0.117. The molecule has 1 atom stereocenters. The molecule has 1 unspecified atom stereocenters. The molecule has 4 heteroatoms. The number of aliphatic hydroxyl groups excluding tert-OH is 1. The summed E-state index contributed by atoms with van der Waals surface area (Å²) < 4.78 is 13.3. The Hall–Kier alpha value is -2.01.